The number of hydrogen-bond donors (Lipinski definition) is 8. The van der Waals surface area contributed by atoms with Gasteiger partial charge in [0.2, 0.25) is 35.4 Å². The minimum atomic E-state index is -1.24. The van der Waals surface area contributed by atoms with Gasteiger partial charge in [0, 0.05) is 37.8 Å². The fourth-order valence-electron chi connectivity index (χ4n) is 7.69. The van der Waals surface area contributed by atoms with Crippen molar-refractivity contribution in [2.45, 2.75) is 160 Å². The van der Waals surface area contributed by atoms with Gasteiger partial charge >= 0.3 is 5.97 Å². The van der Waals surface area contributed by atoms with Crippen molar-refractivity contribution in [2.24, 2.45) is 17.4 Å². The fraction of sp³-hybridized carbons (Fsp3) is 0.500. The van der Waals surface area contributed by atoms with Gasteiger partial charge in [0.15, 0.2) is 0 Å². The van der Waals surface area contributed by atoms with Crippen LogP contribution in [0.2, 0.25) is 0 Å². The number of carbonyl (C=O) groups is 8. The highest BCUT2D eigenvalue weighted by atomic mass is 16.4. The highest BCUT2D eigenvalue weighted by Crippen LogP contribution is 2.15. The van der Waals surface area contributed by atoms with Crippen LogP contribution in [0.4, 0.5) is 0 Å². The van der Waals surface area contributed by atoms with Gasteiger partial charge in [-0.25, -0.2) is 4.79 Å². The van der Waals surface area contributed by atoms with Gasteiger partial charge < -0.3 is 43.2 Å². The lowest BCUT2D eigenvalue weighted by Crippen LogP contribution is -2.55. The molecule has 10 N–H and O–H groups in total. The van der Waals surface area contributed by atoms with Crippen molar-refractivity contribution >= 4 is 47.3 Å². The zero-order valence-electron chi connectivity index (χ0n) is 39.8. The van der Waals surface area contributed by atoms with Crippen molar-refractivity contribution in [3.8, 4) is 0 Å². The zero-order valence-corrected chi connectivity index (χ0v) is 39.8. The molecule has 0 saturated heterocycles. The van der Waals surface area contributed by atoms with Crippen LogP contribution in [-0.2, 0) is 52.9 Å². The second kappa shape index (κ2) is 31.4. The van der Waals surface area contributed by atoms with E-state index in [1.807, 2.05) is 50.2 Å². The Labute approximate surface area is 400 Å². The largest absolute Gasteiger partial charge is 0.480 e. The average Bonchev–Trinajstić information content (AvgIpc) is 3.32. The van der Waals surface area contributed by atoms with Crippen molar-refractivity contribution in [1.29, 1.82) is 0 Å². The number of carbonyl (C=O) groups excluding carboxylic acids is 7. The summed E-state index contributed by atoms with van der Waals surface area (Å²) in [6.07, 6.45) is 13.0. The van der Waals surface area contributed by atoms with Crippen LogP contribution in [0.15, 0.2) is 84.9 Å². The lowest BCUT2D eigenvalue weighted by atomic mass is 9.96. The summed E-state index contributed by atoms with van der Waals surface area (Å²) in [4.78, 5) is 100. The van der Waals surface area contributed by atoms with Gasteiger partial charge in [-0.1, -0.05) is 157 Å². The number of primary amides is 2. The van der Waals surface area contributed by atoms with Crippen LogP contribution in [-0.4, -0.2) is 76.6 Å². The predicted molar refractivity (Wildman–Crippen MR) is 260 cm³/mol. The molecule has 0 spiro atoms. The molecule has 3 aromatic rings. The molecule has 5 atom stereocenters. The Balaban J connectivity index is 1.22. The van der Waals surface area contributed by atoms with Gasteiger partial charge in [0.25, 0.3) is 5.91 Å². The highest BCUT2D eigenvalue weighted by molar-refractivity contribution is 5.98. The minimum Gasteiger partial charge on any atom is -0.480 e. The van der Waals surface area contributed by atoms with E-state index in [2.05, 4.69) is 26.6 Å². The number of nitrogens with two attached hydrogens (primary N) is 2. The predicted octanol–water partition coefficient (Wildman–Crippen LogP) is 5.29. The van der Waals surface area contributed by atoms with Crippen molar-refractivity contribution in [3.05, 3.63) is 107 Å². The van der Waals surface area contributed by atoms with E-state index in [4.69, 9.17) is 11.5 Å². The first kappa shape index (κ1) is 55.7. The Hall–Kier alpha value is -6.58. The van der Waals surface area contributed by atoms with Crippen molar-refractivity contribution < 1.29 is 43.5 Å². The summed E-state index contributed by atoms with van der Waals surface area (Å²) < 4.78 is 0. The van der Waals surface area contributed by atoms with E-state index in [1.165, 1.54) is 0 Å². The van der Waals surface area contributed by atoms with Crippen LogP contribution in [0.1, 0.15) is 144 Å². The summed E-state index contributed by atoms with van der Waals surface area (Å²) in [7, 11) is 0. The Bertz CT molecular complexity index is 2070. The minimum absolute atomic E-state index is 0.0599. The van der Waals surface area contributed by atoms with E-state index in [-0.39, 0.29) is 43.5 Å². The second-order valence-electron chi connectivity index (χ2n) is 17.6. The maximum Gasteiger partial charge on any atom is 0.326 e. The lowest BCUT2D eigenvalue weighted by molar-refractivity contribution is -0.142. The molecule has 0 aliphatic rings. The molecule has 7 amide bonds. The average molecular weight is 940 g/mol. The van der Waals surface area contributed by atoms with Gasteiger partial charge in [0.1, 0.15) is 24.2 Å². The van der Waals surface area contributed by atoms with Gasteiger partial charge in [0.05, 0.1) is 6.42 Å². The maximum absolute atomic E-state index is 13.4. The smallest absolute Gasteiger partial charge is 0.326 e. The first-order valence-electron chi connectivity index (χ1n) is 24.1. The molecule has 0 aliphatic heterocycles. The maximum atomic E-state index is 13.4. The molecular formula is C52H73N7O9. The van der Waals surface area contributed by atoms with Crippen LogP contribution in [0.3, 0.4) is 0 Å². The van der Waals surface area contributed by atoms with Crippen molar-refractivity contribution in [2.75, 3.05) is 0 Å². The topological polar surface area (TPSA) is 269 Å². The number of nitrogens with one attached hydrogen (secondary N) is 5. The first-order chi connectivity index (χ1) is 32.7. The summed E-state index contributed by atoms with van der Waals surface area (Å²) in [6, 6.07) is 20.7. The normalized spacial score (nSPS) is 13.1. The van der Waals surface area contributed by atoms with E-state index in [0.29, 0.717) is 24.8 Å². The second-order valence-corrected chi connectivity index (χ2v) is 17.6. The Morgan fingerprint density at radius 3 is 1.50 bits per heavy atom. The van der Waals surface area contributed by atoms with Gasteiger partial charge in [-0.2, -0.15) is 0 Å². The van der Waals surface area contributed by atoms with Crippen molar-refractivity contribution in [3.63, 3.8) is 0 Å². The SMILES string of the molecule is CC[C@H](C)[C@@H](NC(=O)c1cccc(CNC(=O)CCCCCCCCCCCCCCC(=O)N[C@H](CC(=O)N[C@@H](Cc2ccccc2)C(=O)O)C(N)=O)c1)C(=O)N[C@@H](Cc1ccccc1)C(N)=O. The monoisotopic (exact) mass is 940 g/mol. The molecule has 3 rings (SSSR count). The fourth-order valence-corrected chi connectivity index (χ4v) is 7.69. The van der Waals surface area contributed by atoms with E-state index in [9.17, 15) is 43.5 Å². The van der Waals surface area contributed by atoms with Gasteiger partial charge in [-0.05, 0) is 47.6 Å². The summed E-state index contributed by atoms with van der Waals surface area (Å²) >= 11 is 0. The van der Waals surface area contributed by atoms with Crippen LogP contribution < -0.4 is 38.1 Å². The molecule has 0 fully saturated rings. The molecule has 370 valence electrons. The number of amides is 7. The van der Waals surface area contributed by atoms with E-state index in [0.717, 1.165) is 87.3 Å². The van der Waals surface area contributed by atoms with Crippen LogP contribution in [0.25, 0.3) is 0 Å². The first-order valence-corrected chi connectivity index (χ1v) is 24.1. The molecule has 0 saturated carbocycles. The van der Waals surface area contributed by atoms with Gasteiger partial charge in [-0.15, -0.1) is 0 Å². The summed E-state index contributed by atoms with van der Waals surface area (Å²) in [6.45, 7) is 4.03. The van der Waals surface area contributed by atoms with E-state index < -0.39 is 66.1 Å². The molecule has 16 heteroatoms. The van der Waals surface area contributed by atoms with Crippen molar-refractivity contribution in [1.82, 2.24) is 26.6 Å². The lowest BCUT2D eigenvalue weighted by Gasteiger charge is -2.26. The Morgan fingerprint density at radius 2 is 1.00 bits per heavy atom. The summed E-state index contributed by atoms with van der Waals surface area (Å²) in [5.41, 5.74) is 13.7. The number of rotatable bonds is 34. The quantitative estimate of drug-likeness (QED) is 0.0361. The number of carboxylic acid groups (broad SMARTS) is 1. The molecule has 0 aromatic heterocycles. The molecule has 0 radical (unpaired) electrons. The Kier molecular flexibility index (Phi) is 25.7. The highest BCUT2D eigenvalue weighted by Gasteiger charge is 2.30. The Morgan fingerprint density at radius 1 is 0.529 bits per heavy atom. The number of unbranched alkanes of at least 4 members (excludes halogenated alkanes) is 11. The third kappa shape index (κ3) is 22.3. The third-order valence-electron chi connectivity index (χ3n) is 11.9. The van der Waals surface area contributed by atoms with Crippen LogP contribution in [0, 0.1) is 5.92 Å². The number of benzene rings is 3. The number of aliphatic carboxylic acids is 1. The molecule has 3 aromatic carbocycles. The molecule has 0 unspecified atom stereocenters. The number of hydrogen-bond acceptors (Lipinski definition) is 8. The molecular weight excluding hydrogens is 867 g/mol. The third-order valence-corrected chi connectivity index (χ3v) is 11.9. The standard InChI is InChI=1S/C52H73N7O9/c1-3-36(2)47(51(66)58-41(48(53)63)32-37-23-16-14-17-24-37)59-50(65)40-28-22-27-39(31-40)35-55-44(60)29-20-12-10-8-6-4-5-7-9-11-13-21-30-45(61)56-42(49(54)64)34-46(62)57-43(52(67)68)33-38-25-18-15-19-26-38/h14-19,22-28,31,36,41-43,47H,3-13,20-21,29-30,32-35H2,1-2H3,(H2,53,63)(H2,54,64)(H,55,60)(H,56,61)(H,57,62)(H,58,66)(H,59,65)(H,67,68)/t36-,41-,42+,43-,47+/m0/s1. The molecule has 0 aliphatic carbocycles. The van der Waals surface area contributed by atoms with Crippen LogP contribution >= 0.6 is 0 Å². The van der Waals surface area contributed by atoms with Crippen LogP contribution in [0.5, 0.6) is 0 Å². The molecule has 68 heavy (non-hydrogen) atoms. The van der Waals surface area contributed by atoms with Gasteiger partial charge in [-0.3, -0.25) is 33.6 Å². The van der Waals surface area contributed by atoms with E-state index >= 15 is 0 Å². The zero-order chi connectivity index (χ0) is 49.7. The summed E-state index contributed by atoms with van der Waals surface area (Å²) in [5, 5.41) is 23.0. The molecule has 16 nitrogen and oxygen atoms in total. The summed E-state index contributed by atoms with van der Waals surface area (Å²) in [5.74, 6) is -5.05. The molecule has 0 heterocycles. The number of carboxylic acids is 1. The van der Waals surface area contributed by atoms with E-state index in [1.54, 1.807) is 48.5 Å². The molecule has 0 bridgehead atoms.